The van der Waals surface area contributed by atoms with Crippen LogP contribution in [0.15, 0.2) is 6.33 Å². The molecule has 7 heteroatoms. The number of hydrogen-bond donors (Lipinski definition) is 2. The number of nitrogens with one attached hydrogen (secondary N) is 2. The van der Waals surface area contributed by atoms with Gasteiger partial charge in [0.2, 0.25) is 5.91 Å². The predicted molar refractivity (Wildman–Crippen MR) is 71.7 cm³/mol. The van der Waals surface area contributed by atoms with Crippen LogP contribution in [-0.4, -0.2) is 32.8 Å². The third kappa shape index (κ3) is 2.73. The van der Waals surface area contributed by atoms with Crippen LogP contribution < -0.4 is 10.6 Å². The minimum Gasteiger partial charge on any atom is -0.360 e. The molecule has 0 spiro atoms. The molecule has 2 heterocycles. The average Bonchev–Trinajstić information content (AvgIpc) is 2.68. The van der Waals surface area contributed by atoms with Gasteiger partial charge in [0.05, 0.1) is 17.6 Å². The summed E-state index contributed by atoms with van der Waals surface area (Å²) in [6, 6.07) is 0.134. The van der Waals surface area contributed by atoms with Crippen LogP contribution in [-0.2, 0) is 4.79 Å². The number of anilines is 1. The SMILES string of the molecule is Cc1nsc2ncnc(NCC(=O)NC(C)C)c12. The van der Waals surface area contributed by atoms with Crippen molar-refractivity contribution >= 4 is 33.5 Å². The molecule has 0 aliphatic carbocycles. The molecule has 0 aliphatic rings. The summed E-state index contributed by atoms with van der Waals surface area (Å²) in [5, 5.41) is 6.72. The summed E-state index contributed by atoms with van der Waals surface area (Å²) in [6.45, 7) is 5.95. The molecule has 2 aromatic rings. The lowest BCUT2D eigenvalue weighted by Crippen LogP contribution is -2.35. The molecule has 6 nitrogen and oxygen atoms in total. The van der Waals surface area contributed by atoms with E-state index >= 15 is 0 Å². The normalized spacial score (nSPS) is 10.9. The molecule has 96 valence electrons. The second kappa shape index (κ2) is 5.26. The van der Waals surface area contributed by atoms with Gasteiger partial charge in [-0.1, -0.05) is 0 Å². The van der Waals surface area contributed by atoms with Crippen molar-refractivity contribution in [3.63, 3.8) is 0 Å². The van der Waals surface area contributed by atoms with Gasteiger partial charge >= 0.3 is 0 Å². The monoisotopic (exact) mass is 265 g/mol. The maximum atomic E-state index is 11.6. The fraction of sp³-hybridized carbons (Fsp3) is 0.455. The highest BCUT2D eigenvalue weighted by Gasteiger charge is 2.11. The van der Waals surface area contributed by atoms with E-state index in [0.29, 0.717) is 5.82 Å². The number of aromatic nitrogens is 3. The lowest BCUT2D eigenvalue weighted by Gasteiger charge is -2.09. The topological polar surface area (TPSA) is 79.8 Å². The van der Waals surface area contributed by atoms with Gasteiger partial charge in [0, 0.05) is 6.04 Å². The summed E-state index contributed by atoms with van der Waals surface area (Å²) >= 11 is 1.33. The second-order valence-corrected chi connectivity index (χ2v) is 5.00. The molecule has 0 saturated heterocycles. The molecule has 18 heavy (non-hydrogen) atoms. The van der Waals surface area contributed by atoms with Crippen LogP contribution in [0.4, 0.5) is 5.82 Å². The zero-order valence-corrected chi connectivity index (χ0v) is 11.3. The summed E-state index contributed by atoms with van der Waals surface area (Å²) in [7, 11) is 0. The molecular weight excluding hydrogens is 250 g/mol. The number of carbonyl (C=O) groups excluding carboxylic acids is 1. The van der Waals surface area contributed by atoms with Crippen molar-refractivity contribution < 1.29 is 4.79 Å². The van der Waals surface area contributed by atoms with Crippen LogP contribution in [0.1, 0.15) is 19.5 Å². The summed E-state index contributed by atoms with van der Waals surface area (Å²) < 4.78 is 4.23. The Morgan fingerprint density at radius 2 is 2.22 bits per heavy atom. The fourth-order valence-electron chi connectivity index (χ4n) is 1.59. The Hall–Kier alpha value is -1.76. The van der Waals surface area contributed by atoms with Crippen molar-refractivity contribution in [2.24, 2.45) is 0 Å². The van der Waals surface area contributed by atoms with Gasteiger partial charge in [-0.05, 0) is 32.3 Å². The first-order chi connectivity index (χ1) is 8.58. The molecule has 2 aromatic heterocycles. The van der Waals surface area contributed by atoms with E-state index in [4.69, 9.17) is 0 Å². The lowest BCUT2D eigenvalue weighted by atomic mass is 10.3. The van der Waals surface area contributed by atoms with Gasteiger partial charge < -0.3 is 10.6 Å². The molecule has 0 atom stereocenters. The second-order valence-electron chi connectivity index (χ2n) is 4.25. The molecule has 0 saturated carbocycles. The first-order valence-corrected chi connectivity index (χ1v) is 6.45. The molecule has 2 rings (SSSR count). The van der Waals surface area contributed by atoms with E-state index in [9.17, 15) is 4.79 Å². The average molecular weight is 265 g/mol. The Morgan fingerprint density at radius 3 is 2.94 bits per heavy atom. The molecular formula is C11H15N5OS. The van der Waals surface area contributed by atoms with Gasteiger partial charge in [-0.3, -0.25) is 4.79 Å². The number of fused-ring (bicyclic) bond motifs is 1. The Bertz CT molecular complexity index is 566. The molecule has 0 fully saturated rings. The van der Waals surface area contributed by atoms with Crippen molar-refractivity contribution in [3.05, 3.63) is 12.0 Å². The highest BCUT2D eigenvalue weighted by molar-refractivity contribution is 7.13. The largest absolute Gasteiger partial charge is 0.360 e. The van der Waals surface area contributed by atoms with Crippen molar-refractivity contribution in [1.82, 2.24) is 19.7 Å². The van der Waals surface area contributed by atoms with E-state index in [0.717, 1.165) is 15.9 Å². The molecule has 1 amide bonds. The van der Waals surface area contributed by atoms with Crippen LogP contribution in [0.3, 0.4) is 0 Å². The van der Waals surface area contributed by atoms with Gasteiger partial charge in [0.15, 0.2) is 0 Å². The smallest absolute Gasteiger partial charge is 0.239 e. The minimum absolute atomic E-state index is 0.0578. The zero-order chi connectivity index (χ0) is 13.1. The number of carbonyl (C=O) groups is 1. The number of rotatable bonds is 4. The van der Waals surface area contributed by atoms with Gasteiger partial charge in [-0.25, -0.2) is 9.97 Å². The first kappa shape index (κ1) is 12.7. The van der Waals surface area contributed by atoms with Gasteiger partial charge in [-0.15, -0.1) is 0 Å². The Kier molecular flexibility index (Phi) is 3.71. The first-order valence-electron chi connectivity index (χ1n) is 5.68. The Morgan fingerprint density at radius 1 is 1.44 bits per heavy atom. The number of hydrogen-bond acceptors (Lipinski definition) is 6. The lowest BCUT2D eigenvalue weighted by molar-refractivity contribution is -0.119. The van der Waals surface area contributed by atoms with Gasteiger partial charge in [0.25, 0.3) is 0 Å². The van der Waals surface area contributed by atoms with E-state index in [-0.39, 0.29) is 18.5 Å². The Balaban J connectivity index is 2.12. The van der Waals surface area contributed by atoms with Crippen LogP contribution >= 0.6 is 11.5 Å². The quantitative estimate of drug-likeness (QED) is 0.871. The van der Waals surface area contributed by atoms with Crippen LogP contribution in [0.25, 0.3) is 10.2 Å². The summed E-state index contributed by atoms with van der Waals surface area (Å²) in [5.74, 6) is 0.600. The summed E-state index contributed by atoms with van der Waals surface area (Å²) in [6.07, 6.45) is 1.47. The summed E-state index contributed by atoms with van der Waals surface area (Å²) in [5.41, 5.74) is 0.877. The minimum atomic E-state index is -0.0578. The van der Waals surface area contributed by atoms with E-state index < -0.39 is 0 Å². The third-order valence-corrected chi connectivity index (χ3v) is 3.16. The van der Waals surface area contributed by atoms with Gasteiger partial charge in [-0.2, -0.15) is 4.37 Å². The van der Waals surface area contributed by atoms with Crippen molar-refractivity contribution in [2.75, 3.05) is 11.9 Å². The van der Waals surface area contributed by atoms with Crippen LogP contribution in [0.2, 0.25) is 0 Å². The molecule has 0 unspecified atom stereocenters. The maximum absolute atomic E-state index is 11.6. The molecule has 0 radical (unpaired) electrons. The van der Waals surface area contributed by atoms with Crippen LogP contribution in [0, 0.1) is 6.92 Å². The number of nitrogens with zero attached hydrogens (tertiary/aromatic N) is 3. The highest BCUT2D eigenvalue weighted by atomic mass is 32.1. The van der Waals surface area contributed by atoms with E-state index in [1.807, 2.05) is 20.8 Å². The van der Waals surface area contributed by atoms with Gasteiger partial charge in [0.1, 0.15) is 17.0 Å². The van der Waals surface area contributed by atoms with Crippen molar-refractivity contribution in [3.8, 4) is 0 Å². The highest BCUT2D eigenvalue weighted by Crippen LogP contribution is 2.25. The Labute approximate surface area is 109 Å². The maximum Gasteiger partial charge on any atom is 0.239 e. The van der Waals surface area contributed by atoms with E-state index in [1.165, 1.54) is 17.9 Å². The zero-order valence-electron chi connectivity index (χ0n) is 10.5. The number of aryl methyl sites for hydroxylation is 1. The molecule has 2 N–H and O–H groups in total. The van der Waals surface area contributed by atoms with E-state index in [2.05, 4.69) is 25.0 Å². The molecule has 0 aliphatic heterocycles. The fourth-order valence-corrected chi connectivity index (χ4v) is 2.34. The van der Waals surface area contributed by atoms with Crippen molar-refractivity contribution in [1.29, 1.82) is 0 Å². The van der Waals surface area contributed by atoms with Crippen molar-refractivity contribution in [2.45, 2.75) is 26.8 Å². The summed E-state index contributed by atoms with van der Waals surface area (Å²) in [4.78, 5) is 20.7. The predicted octanol–water partition coefficient (Wildman–Crippen LogP) is 1.33. The number of amides is 1. The molecule has 0 bridgehead atoms. The van der Waals surface area contributed by atoms with Crippen LogP contribution in [0.5, 0.6) is 0 Å². The standard InChI is InChI=1S/C11H15N5OS/c1-6(2)15-8(17)4-12-10-9-7(3)16-18-11(9)14-5-13-10/h5-6H,4H2,1-3H3,(H,15,17)(H,12,13,14). The van der Waals surface area contributed by atoms with E-state index in [1.54, 1.807) is 0 Å². The third-order valence-electron chi connectivity index (χ3n) is 2.31. The molecule has 0 aromatic carbocycles.